The lowest BCUT2D eigenvalue weighted by Crippen LogP contribution is -2.25. The molecule has 0 N–H and O–H groups in total. The van der Waals surface area contributed by atoms with Crippen LogP contribution in [0.5, 0.6) is 0 Å². The van der Waals surface area contributed by atoms with E-state index in [-0.39, 0.29) is 5.78 Å². The number of Topliss-reactive ketones (excluding diaryl/α,β-unsaturated/α-hetero) is 1. The molecule has 0 aliphatic carbocycles. The Hall–Kier alpha value is -2.76. The molecule has 4 aromatic rings. The van der Waals surface area contributed by atoms with Crippen LogP contribution in [-0.2, 0) is 0 Å². The molecule has 0 saturated heterocycles. The summed E-state index contributed by atoms with van der Waals surface area (Å²) in [6.07, 6.45) is 0. The number of hydrogen-bond acceptors (Lipinski definition) is 1. The fraction of sp³-hybridized carbons (Fsp3) is 0.0417. The molecule has 0 aromatic heterocycles. The van der Waals surface area contributed by atoms with E-state index in [2.05, 4.69) is 72.8 Å². The Bertz CT molecular complexity index is 1020. The number of rotatable bonds is 4. The van der Waals surface area contributed by atoms with Gasteiger partial charge < -0.3 is 0 Å². The Morgan fingerprint density at radius 3 is 1.77 bits per heavy atom. The fourth-order valence-corrected chi connectivity index (χ4v) is 6.01. The molecule has 0 radical (unpaired) electrons. The third-order valence-electron chi connectivity index (χ3n) is 4.53. The Labute approximate surface area is 155 Å². The monoisotopic (exact) mass is 354 g/mol. The van der Waals surface area contributed by atoms with Crippen LogP contribution in [0.1, 0.15) is 17.3 Å². The Kier molecular flexibility index (Phi) is 4.65. The second-order valence-electron chi connectivity index (χ2n) is 6.25. The van der Waals surface area contributed by atoms with Crippen molar-refractivity contribution in [1.82, 2.24) is 0 Å². The summed E-state index contributed by atoms with van der Waals surface area (Å²) in [5.74, 6) is 0.116. The van der Waals surface area contributed by atoms with Crippen molar-refractivity contribution in [2.24, 2.45) is 0 Å². The lowest BCUT2D eigenvalue weighted by molar-refractivity contribution is 0.101. The highest BCUT2D eigenvalue weighted by atomic mass is 31.1. The molecule has 0 aliphatic rings. The van der Waals surface area contributed by atoms with Crippen LogP contribution in [0.3, 0.4) is 0 Å². The zero-order chi connectivity index (χ0) is 17.9. The van der Waals surface area contributed by atoms with Crippen LogP contribution < -0.4 is 15.9 Å². The average Bonchev–Trinajstić information content (AvgIpc) is 2.70. The molecule has 0 fully saturated rings. The molecule has 0 aliphatic heterocycles. The van der Waals surface area contributed by atoms with Crippen molar-refractivity contribution in [3.05, 3.63) is 103 Å². The largest absolute Gasteiger partial charge is 0.294 e. The quantitative estimate of drug-likeness (QED) is 0.380. The molecule has 2 heteroatoms. The molecule has 4 rings (SSSR count). The normalized spacial score (nSPS) is 11.0. The van der Waals surface area contributed by atoms with Gasteiger partial charge in [-0.15, -0.1) is 0 Å². The van der Waals surface area contributed by atoms with Gasteiger partial charge in [-0.1, -0.05) is 97.1 Å². The summed E-state index contributed by atoms with van der Waals surface area (Å²) in [7, 11) is -0.820. The van der Waals surface area contributed by atoms with E-state index in [0.29, 0.717) is 0 Å². The highest BCUT2D eigenvalue weighted by molar-refractivity contribution is 7.80. The molecule has 0 unspecified atom stereocenters. The number of hydrogen-bond donors (Lipinski definition) is 0. The van der Waals surface area contributed by atoms with E-state index in [1.807, 2.05) is 24.3 Å². The van der Waals surface area contributed by atoms with E-state index >= 15 is 0 Å². The summed E-state index contributed by atoms with van der Waals surface area (Å²) >= 11 is 0. The van der Waals surface area contributed by atoms with Crippen LogP contribution in [0.15, 0.2) is 97.1 Å². The van der Waals surface area contributed by atoms with Gasteiger partial charge in [-0.05, 0) is 36.2 Å². The topological polar surface area (TPSA) is 17.1 Å². The predicted octanol–water partition coefficient (Wildman–Crippen LogP) is 4.80. The third-order valence-corrected chi connectivity index (χ3v) is 7.09. The molecule has 1 nitrogen and oxygen atoms in total. The lowest BCUT2D eigenvalue weighted by atomic mass is 10.0. The van der Waals surface area contributed by atoms with Crippen molar-refractivity contribution in [2.75, 3.05) is 0 Å². The number of carbonyl (C=O) groups excluding carboxylic acids is 1. The first-order valence-electron chi connectivity index (χ1n) is 8.68. The summed E-state index contributed by atoms with van der Waals surface area (Å²) < 4.78 is 0. The van der Waals surface area contributed by atoms with Crippen molar-refractivity contribution >= 4 is 40.4 Å². The first kappa shape index (κ1) is 16.7. The van der Waals surface area contributed by atoms with E-state index in [0.717, 1.165) is 10.9 Å². The van der Waals surface area contributed by atoms with Crippen molar-refractivity contribution in [3.63, 3.8) is 0 Å². The first-order valence-corrected chi connectivity index (χ1v) is 10.0. The molecule has 0 spiro atoms. The molecular weight excluding hydrogens is 335 g/mol. The maximum absolute atomic E-state index is 12.5. The summed E-state index contributed by atoms with van der Waals surface area (Å²) in [4.78, 5) is 12.5. The van der Waals surface area contributed by atoms with Gasteiger partial charge in [-0.2, -0.15) is 0 Å². The maximum atomic E-state index is 12.5. The second-order valence-corrected chi connectivity index (χ2v) is 8.40. The second kappa shape index (κ2) is 7.23. The van der Waals surface area contributed by atoms with Gasteiger partial charge in [0.15, 0.2) is 5.78 Å². The van der Waals surface area contributed by atoms with Gasteiger partial charge >= 0.3 is 0 Å². The number of fused-ring (bicyclic) bond motifs is 1. The molecule has 0 amide bonds. The predicted molar refractivity (Wildman–Crippen MR) is 113 cm³/mol. The van der Waals surface area contributed by atoms with Gasteiger partial charge in [0.1, 0.15) is 0 Å². The number of benzene rings is 4. The van der Waals surface area contributed by atoms with Crippen molar-refractivity contribution < 1.29 is 4.79 Å². The molecule has 4 aromatic carbocycles. The van der Waals surface area contributed by atoms with Crippen molar-refractivity contribution in [3.8, 4) is 0 Å². The molecule has 0 saturated carbocycles. The van der Waals surface area contributed by atoms with Gasteiger partial charge in [-0.25, -0.2) is 0 Å². The molecule has 0 heterocycles. The van der Waals surface area contributed by atoms with Gasteiger partial charge in [0.05, 0.1) is 0 Å². The first-order chi connectivity index (χ1) is 12.8. The average molecular weight is 354 g/mol. The number of ketones is 1. The SMILES string of the molecule is CC(=O)c1ccc2ccccc2c1P(c1ccccc1)c1ccccc1. The Morgan fingerprint density at radius 2 is 1.19 bits per heavy atom. The van der Waals surface area contributed by atoms with E-state index in [1.165, 1.54) is 21.4 Å². The minimum absolute atomic E-state index is 0.116. The highest BCUT2D eigenvalue weighted by Crippen LogP contribution is 2.37. The smallest absolute Gasteiger partial charge is 0.160 e. The van der Waals surface area contributed by atoms with Crippen LogP contribution in [-0.4, -0.2) is 5.78 Å². The minimum atomic E-state index is -0.820. The molecule has 26 heavy (non-hydrogen) atoms. The summed E-state index contributed by atoms with van der Waals surface area (Å²) in [5, 5.41) is 6.01. The van der Waals surface area contributed by atoms with Gasteiger partial charge in [-0.3, -0.25) is 4.79 Å². The van der Waals surface area contributed by atoms with Gasteiger partial charge in [0.2, 0.25) is 0 Å². The van der Waals surface area contributed by atoms with Crippen LogP contribution in [0.2, 0.25) is 0 Å². The van der Waals surface area contributed by atoms with E-state index < -0.39 is 7.92 Å². The molecular formula is C24H19OP. The van der Waals surface area contributed by atoms with Gasteiger partial charge in [0, 0.05) is 10.9 Å². The van der Waals surface area contributed by atoms with Crippen LogP contribution in [0, 0.1) is 0 Å². The van der Waals surface area contributed by atoms with Gasteiger partial charge in [0.25, 0.3) is 0 Å². The number of carbonyl (C=O) groups is 1. The summed E-state index contributed by atoms with van der Waals surface area (Å²) in [6.45, 7) is 1.66. The maximum Gasteiger partial charge on any atom is 0.160 e. The third kappa shape index (κ3) is 3.07. The Balaban J connectivity index is 2.09. The van der Waals surface area contributed by atoms with Crippen molar-refractivity contribution in [2.45, 2.75) is 6.92 Å². The van der Waals surface area contributed by atoms with E-state index in [9.17, 15) is 4.79 Å². The van der Waals surface area contributed by atoms with Crippen LogP contribution in [0.4, 0.5) is 0 Å². The lowest BCUT2D eigenvalue weighted by Gasteiger charge is -2.23. The van der Waals surface area contributed by atoms with E-state index in [1.54, 1.807) is 6.92 Å². The fourth-order valence-electron chi connectivity index (χ4n) is 3.34. The van der Waals surface area contributed by atoms with Crippen LogP contribution in [0.25, 0.3) is 10.8 Å². The molecule has 0 bridgehead atoms. The highest BCUT2D eigenvalue weighted by Gasteiger charge is 2.23. The minimum Gasteiger partial charge on any atom is -0.294 e. The molecule has 0 atom stereocenters. The zero-order valence-corrected chi connectivity index (χ0v) is 15.5. The Morgan fingerprint density at radius 1 is 0.654 bits per heavy atom. The molecule has 126 valence electrons. The summed E-state index contributed by atoms with van der Waals surface area (Å²) in [5.41, 5.74) is 0.822. The zero-order valence-electron chi connectivity index (χ0n) is 14.6. The van der Waals surface area contributed by atoms with Crippen LogP contribution >= 0.6 is 7.92 Å². The van der Waals surface area contributed by atoms with E-state index in [4.69, 9.17) is 0 Å². The van der Waals surface area contributed by atoms with Crippen molar-refractivity contribution in [1.29, 1.82) is 0 Å². The standard InChI is InChI=1S/C24H19OP/c1-18(25)22-17-16-19-10-8-9-15-23(19)24(22)26(20-11-4-2-5-12-20)21-13-6-3-7-14-21/h2-17H,1H3. The summed E-state index contributed by atoms with van der Waals surface area (Å²) in [6, 6.07) is 33.5.